The molecule has 0 saturated heterocycles. The highest BCUT2D eigenvalue weighted by molar-refractivity contribution is 6.01. The summed E-state index contributed by atoms with van der Waals surface area (Å²) in [4.78, 5) is 27.6. The van der Waals surface area contributed by atoms with E-state index in [1.807, 2.05) is 32.9 Å². The maximum atomic E-state index is 12.6. The zero-order valence-electron chi connectivity index (χ0n) is 14.1. The Hall–Kier alpha value is -2.34. The lowest BCUT2D eigenvalue weighted by Crippen LogP contribution is -2.76. The van der Waals surface area contributed by atoms with Gasteiger partial charge in [0.2, 0.25) is 0 Å². The van der Waals surface area contributed by atoms with E-state index in [-0.39, 0.29) is 18.4 Å². The maximum Gasteiger partial charge on any atom is 0.330 e. The average Bonchev–Trinajstić information content (AvgIpc) is 3.00. The molecule has 3 N–H and O–H groups in total. The average molecular weight is 330 g/mol. The van der Waals surface area contributed by atoms with Crippen molar-refractivity contribution in [2.75, 3.05) is 6.61 Å². The van der Waals surface area contributed by atoms with Gasteiger partial charge in [0.05, 0.1) is 6.10 Å². The minimum atomic E-state index is -1.32. The Morgan fingerprint density at radius 1 is 1.38 bits per heavy atom. The van der Waals surface area contributed by atoms with Crippen molar-refractivity contribution < 1.29 is 19.4 Å². The summed E-state index contributed by atoms with van der Waals surface area (Å²) in [5.74, 6) is -1.41. The highest BCUT2D eigenvalue weighted by atomic mass is 16.5. The number of rotatable bonds is 5. The molecule has 24 heavy (non-hydrogen) atoms. The zero-order chi connectivity index (χ0) is 17.5. The third kappa shape index (κ3) is 2.29. The second-order valence-electron chi connectivity index (χ2n) is 6.81. The number of benzene rings is 1. The smallest absolute Gasteiger partial charge is 0.330 e. The van der Waals surface area contributed by atoms with Gasteiger partial charge in [-0.15, -0.1) is 0 Å². The normalized spacial score (nSPS) is 25.2. The molecular formula is C18H22N2O4. The molecule has 2 unspecified atom stereocenters. The number of nitrogens with one attached hydrogen (secondary N) is 2. The number of ether oxygens (including phenoxy) is 1. The summed E-state index contributed by atoms with van der Waals surface area (Å²) in [6.45, 7) is 6.03. The standard InChI is InChI=1S/C18H22N2O4/c1-4-24-14-10-18(16(22)23,17(14,2)3)20-15(21)12-5-6-13-11(9-12)7-8-19-13/h5-9,14,19H,4,10H2,1-3H3,(H,20,21)(H,22,23). The van der Waals surface area contributed by atoms with Crippen LogP contribution >= 0.6 is 0 Å². The summed E-state index contributed by atoms with van der Waals surface area (Å²) in [5, 5.41) is 13.4. The van der Waals surface area contributed by atoms with Gasteiger partial charge in [-0.3, -0.25) is 4.79 Å². The largest absolute Gasteiger partial charge is 0.479 e. The van der Waals surface area contributed by atoms with Crippen LogP contribution in [0.2, 0.25) is 0 Å². The SMILES string of the molecule is CCOC1CC(NC(=O)c2ccc3[nH]ccc3c2)(C(=O)O)C1(C)C. The highest BCUT2D eigenvalue weighted by Gasteiger charge is 2.66. The van der Waals surface area contributed by atoms with Crippen molar-refractivity contribution in [3.63, 3.8) is 0 Å². The van der Waals surface area contributed by atoms with Crippen LogP contribution in [0.4, 0.5) is 0 Å². The molecule has 128 valence electrons. The molecule has 3 rings (SSSR count). The van der Waals surface area contributed by atoms with Crippen LogP contribution in [0.15, 0.2) is 30.5 Å². The van der Waals surface area contributed by atoms with Gasteiger partial charge in [0.1, 0.15) is 5.54 Å². The van der Waals surface area contributed by atoms with E-state index in [9.17, 15) is 14.7 Å². The Morgan fingerprint density at radius 2 is 2.12 bits per heavy atom. The number of aromatic amines is 1. The minimum Gasteiger partial charge on any atom is -0.479 e. The van der Waals surface area contributed by atoms with Crippen LogP contribution in [0, 0.1) is 5.41 Å². The van der Waals surface area contributed by atoms with Crippen LogP contribution in [0.25, 0.3) is 10.9 Å². The number of carboxylic acids is 1. The van der Waals surface area contributed by atoms with Gasteiger partial charge in [0.25, 0.3) is 5.91 Å². The van der Waals surface area contributed by atoms with Gasteiger partial charge < -0.3 is 20.1 Å². The number of hydrogen-bond donors (Lipinski definition) is 3. The fourth-order valence-corrected chi connectivity index (χ4v) is 3.50. The van der Waals surface area contributed by atoms with E-state index in [4.69, 9.17) is 4.74 Å². The second kappa shape index (κ2) is 5.63. The predicted octanol–water partition coefficient (Wildman–Crippen LogP) is 2.56. The maximum absolute atomic E-state index is 12.6. The highest BCUT2D eigenvalue weighted by Crippen LogP contribution is 2.51. The van der Waals surface area contributed by atoms with Gasteiger partial charge in [-0.1, -0.05) is 13.8 Å². The van der Waals surface area contributed by atoms with Crippen molar-refractivity contribution in [2.45, 2.75) is 38.8 Å². The van der Waals surface area contributed by atoms with Crippen LogP contribution in [0.5, 0.6) is 0 Å². The molecule has 1 amide bonds. The number of aromatic nitrogens is 1. The second-order valence-corrected chi connectivity index (χ2v) is 6.81. The Morgan fingerprint density at radius 3 is 2.75 bits per heavy atom. The number of carboxylic acid groups (broad SMARTS) is 1. The monoisotopic (exact) mass is 330 g/mol. The summed E-state index contributed by atoms with van der Waals surface area (Å²) >= 11 is 0. The number of aliphatic carboxylic acids is 1. The first-order chi connectivity index (χ1) is 11.3. The third-order valence-electron chi connectivity index (χ3n) is 5.27. The number of H-pyrrole nitrogens is 1. The molecule has 0 aliphatic heterocycles. The van der Waals surface area contributed by atoms with E-state index in [0.717, 1.165) is 10.9 Å². The van der Waals surface area contributed by atoms with E-state index in [1.165, 1.54) is 0 Å². The van der Waals surface area contributed by atoms with Crippen LogP contribution in [0.1, 0.15) is 37.6 Å². The van der Waals surface area contributed by atoms with Crippen molar-refractivity contribution in [1.82, 2.24) is 10.3 Å². The summed E-state index contributed by atoms with van der Waals surface area (Å²) in [6, 6.07) is 7.13. The van der Waals surface area contributed by atoms with Crippen molar-refractivity contribution in [3.05, 3.63) is 36.0 Å². The molecular weight excluding hydrogens is 308 g/mol. The quantitative estimate of drug-likeness (QED) is 0.786. The fourth-order valence-electron chi connectivity index (χ4n) is 3.50. The first-order valence-corrected chi connectivity index (χ1v) is 8.06. The Bertz CT molecular complexity index is 795. The molecule has 0 bridgehead atoms. The van der Waals surface area contributed by atoms with Gasteiger partial charge in [0, 0.05) is 41.1 Å². The molecule has 1 aliphatic rings. The third-order valence-corrected chi connectivity index (χ3v) is 5.27. The molecule has 1 aliphatic carbocycles. The minimum absolute atomic E-state index is 0.189. The van der Waals surface area contributed by atoms with Gasteiger partial charge in [0.15, 0.2) is 0 Å². The first-order valence-electron chi connectivity index (χ1n) is 8.06. The van der Waals surface area contributed by atoms with Gasteiger partial charge in [-0.25, -0.2) is 4.79 Å². The molecule has 2 aromatic rings. The molecule has 6 heteroatoms. The van der Waals surface area contributed by atoms with Crippen molar-refractivity contribution in [3.8, 4) is 0 Å². The van der Waals surface area contributed by atoms with E-state index < -0.39 is 16.9 Å². The summed E-state index contributed by atoms with van der Waals surface area (Å²) in [7, 11) is 0. The van der Waals surface area contributed by atoms with Crippen LogP contribution in [0.3, 0.4) is 0 Å². The van der Waals surface area contributed by atoms with Gasteiger partial charge >= 0.3 is 5.97 Å². The molecule has 1 saturated carbocycles. The van der Waals surface area contributed by atoms with Crippen LogP contribution < -0.4 is 5.32 Å². The molecule has 2 atom stereocenters. The fraction of sp³-hybridized carbons (Fsp3) is 0.444. The van der Waals surface area contributed by atoms with Crippen LogP contribution in [-0.2, 0) is 9.53 Å². The Labute approximate surface area is 140 Å². The van der Waals surface area contributed by atoms with Gasteiger partial charge in [-0.2, -0.15) is 0 Å². The zero-order valence-corrected chi connectivity index (χ0v) is 14.1. The van der Waals surface area contributed by atoms with E-state index in [2.05, 4.69) is 10.3 Å². The molecule has 1 aromatic heterocycles. The molecule has 1 aromatic carbocycles. The van der Waals surface area contributed by atoms with E-state index in [0.29, 0.717) is 12.2 Å². The predicted molar refractivity (Wildman–Crippen MR) is 89.9 cm³/mol. The summed E-state index contributed by atoms with van der Waals surface area (Å²) in [6.07, 6.45) is 1.87. The number of carbonyl (C=O) groups excluding carboxylic acids is 1. The molecule has 1 heterocycles. The molecule has 0 radical (unpaired) electrons. The van der Waals surface area contributed by atoms with Crippen molar-refractivity contribution in [1.29, 1.82) is 0 Å². The lowest BCUT2D eigenvalue weighted by atomic mass is 9.54. The summed E-state index contributed by atoms with van der Waals surface area (Å²) < 4.78 is 5.61. The molecule has 0 spiro atoms. The van der Waals surface area contributed by atoms with Crippen molar-refractivity contribution in [2.24, 2.45) is 5.41 Å². The van der Waals surface area contributed by atoms with Crippen molar-refractivity contribution >= 4 is 22.8 Å². The molecule has 6 nitrogen and oxygen atoms in total. The lowest BCUT2D eigenvalue weighted by molar-refractivity contribution is -0.190. The topological polar surface area (TPSA) is 91.4 Å². The molecule has 1 fully saturated rings. The Balaban J connectivity index is 1.86. The first kappa shape index (κ1) is 16.5. The number of amides is 1. The summed E-state index contributed by atoms with van der Waals surface area (Å²) in [5.41, 5.74) is -0.641. The number of fused-ring (bicyclic) bond motifs is 1. The van der Waals surface area contributed by atoms with E-state index >= 15 is 0 Å². The van der Waals surface area contributed by atoms with Gasteiger partial charge in [-0.05, 0) is 31.2 Å². The van der Waals surface area contributed by atoms with Crippen LogP contribution in [-0.4, -0.2) is 40.2 Å². The lowest BCUT2D eigenvalue weighted by Gasteiger charge is -2.58. The Kier molecular flexibility index (Phi) is 3.87. The van der Waals surface area contributed by atoms with E-state index in [1.54, 1.807) is 18.3 Å². The number of carbonyl (C=O) groups is 2. The number of hydrogen-bond acceptors (Lipinski definition) is 3.